The van der Waals surface area contributed by atoms with Gasteiger partial charge in [0.25, 0.3) is 5.69 Å². The number of carbonyl (C=O) groups is 1. The lowest BCUT2D eigenvalue weighted by atomic mass is 9.98. The van der Waals surface area contributed by atoms with Crippen molar-refractivity contribution in [2.45, 2.75) is 12.8 Å². The molecule has 1 rings (SSSR count). The molecule has 98 valence electrons. The van der Waals surface area contributed by atoms with Gasteiger partial charge in [0, 0.05) is 13.0 Å². The Balaban J connectivity index is 3.11. The molecule has 1 N–H and O–H groups in total. The smallest absolute Gasteiger partial charge is 0.302 e. The molecule has 1 aromatic rings. The highest BCUT2D eigenvalue weighted by Crippen LogP contribution is 2.29. The van der Waals surface area contributed by atoms with E-state index >= 15 is 0 Å². The second kappa shape index (κ2) is 6.06. The highest BCUT2D eigenvalue weighted by molar-refractivity contribution is 5.66. The number of nitrogens with zero attached hydrogens (tertiary/aromatic N) is 1. The van der Waals surface area contributed by atoms with E-state index in [-0.39, 0.29) is 12.2 Å². The molecular weight excluding hydrogens is 245 g/mol. The maximum absolute atomic E-state index is 13.6. The summed E-state index contributed by atoms with van der Waals surface area (Å²) in [5.41, 5.74) is -0.701. The van der Waals surface area contributed by atoms with Crippen LogP contribution in [-0.2, 0) is 9.53 Å². The van der Waals surface area contributed by atoms with Crippen molar-refractivity contribution in [2.24, 2.45) is 0 Å². The number of esters is 1. The number of nitro benzene ring substituents is 1. The third-order valence-corrected chi connectivity index (χ3v) is 2.34. The van der Waals surface area contributed by atoms with Gasteiger partial charge in [0.05, 0.1) is 23.0 Å². The fourth-order valence-electron chi connectivity index (χ4n) is 1.53. The summed E-state index contributed by atoms with van der Waals surface area (Å²) < 4.78 is 18.3. The van der Waals surface area contributed by atoms with Crippen molar-refractivity contribution >= 4 is 11.7 Å². The summed E-state index contributed by atoms with van der Waals surface area (Å²) in [5, 5.41) is 19.9. The minimum absolute atomic E-state index is 0.258. The normalized spacial score (nSPS) is 11.9. The van der Waals surface area contributed by atoms with Gasteiger partial charge >= 0.3 is 5.97 Å². The van der Waals surface area contributed by atoms with Crippen molar-refractivity contribution in [3.63, 3.8) is 0 Å². The zero-order chi connectivity index (χ0) is 13.7. The Labute approximate surface area is 102 Å². The van der Waals surface area contributed by atoms with Crippen LogP contribution in [0.25, 0.3) is 0 Å². The first-order valence-corrected chi connectivity index (χ1v) is 5.14. The molecular formula is C11H12FNO5. The van der Waals surface area contributed by atoms with Crippen molar-refractivity contribution in [1.82, 2.24) is 0 Å². The Morgan fingerprint density at radius 3 is 2.78 bits per heavy atom. The van der Waals surface area contributed by atoms with Crippen molar-refractivity contribution in [2.75, 3.05) is 13.2 Å². The fourth-order valence-corrected chi connectivity index (χ4v) is 1.53. The average Bonchev–Trinajstić information content (AvgIpc) is 2.30. The summed E-state index contributed by atoms with van der Waals surface area (Å²) >= 11 is 0. The molecule has 0 bridgehead atoms. The quantitative estimate of drug-likeness (QED) is 0.489. The first-order chi connectivity index (χ1) is 8.47. The Bertz CT molecular complexity index is 463. The zero-order valence-corrected chi connectivity index (χ0v) is 9.63. The highest BCUT2D eigenvalue weighted by atomic mass is 19.1. The van der Waals surface area contributed by atoms with Crippen molar-refractivity contribution < 1.29 is 24.0 Å². The van der Waals surface area contributed by atoms with Gasteiger partial charge in [-0.1, -0.05) is 6.07 Å². The van der Waals surface area contributed by atoms with Crippen LogP contribution in [0.5, 0.6) is 0 Å². The fraction of sp³-hybridized carbons (Fsp3) is 0.364. The predicted octanol–water partition coefficient (Wildman–Crippen LogP) is 1.37. The standard InChI is InChI=1S/C11H12FNO5/c1-7(15)18-6-8(5-14)11-9(12)3-2-4-10(11)13(16)17/h2-4,8,14H,5-6H2,1H3/t8-/m0/s1. The number of hydrogen-bond donors (Lipinski definition) is 1. The van der Waals surface area contributed by atoms with Crippen LogP contribution in [0.2, 0.25) is 0 Å². The predicted molar refractivity (Wildman–Crippen MR) is 59.5 cm³/mol. The van der Waals surface area contributed by atoms with Gasteiger partial charge in [-0.05, 0) is 6.07 Å². The molecule has 0 aromatic heterocycles. The molecule has 0 aliphatic rings. The molecule has 0 amide bonds. The van der Waals surface area contributed by atoms with Gasteiger partial charge in [-0.3, -0.25) is 14.9 Å². The molecule has 0 unspecified atom stereocenters. The molecule has 0 spiro atoms. The summed E-state index contributed by atoms with van der Waals surface area (Å²) in [6.45, 7) is 0.285. The van der Waals surface area contributed by atoms with E-state index in [0.29, 0.717) is 0 Å². The summed E-state index contributed by atoms with van der Waals surface area (Å²) in [6, 6.07) is 3.39. The van der Waals surface area contributed by atoms with Gasteiger partial charge < -0.3 is 9.84 Å². The SMILES string of the molecule is CC(=O)OC[C@H](CO)c1c(F)cccc1[N+](=O)[O-]. The van der Waals surface area contributed by atoms with Crippen LogP contribution in [0, 0.1) is 15.9 Å². The summed E-state index contributed by atoms with van der Waals surface area (Å²) in [7, 11) is 0. The number of benzene rings is 1. The van der Waals surface area contributed by atoms with Gasteiger partial charge in [0.2, 0.25) is 0 Å². The van der Waals surface area contributed by atoms with Gasteiger partial charge in [-0.25, -0.2) is 4.39 Å². The Morgan fingerprint density at radius 1 is 1.61 bits per heavy atom. The first-order valence-electron chi connectivity index (χ1n) is 5.14. The van der Waals surface area contributed by atoms with Crippen LogP contribution in [0.1, 0.15) is 18.4 Å². The number of ether oxygens (including phenoxy) is 1. The van der Waals surface area contributed by atoms with E-state index in [0.717, 1.165) is 19.1 Å². The van der Waals surface area contributed by atoms with Gasteiger partial charge in [-0.2, -0.15) is 0 Å². The third kappa shape index (κ3) is 3.24. The monoisotopic (exact) mass is 257 g/mol. The first kappa shape index (κ1) is 14.0. The number of hydrogen-bond acceptors (Lipinski definition) is 5. The van der Waals surface area contributed by atoms with Crippen LogP contribution < -0.4 is 0 Å². The largest absolute Gasteiger partial charge is 0.465 e. The lowest BCUT2D eigenvalue weighted by molar-refractivity contribution is -0.386. The average molecular weight is 257 g/mol. The number of aliphatic hydroxyl groups is 1. The van der Waals surface area contributed by atoms with Crippen molar-refractivity contribution in [1.29, 1.82) is 0 Å². The van der Waals surface area contributed by atoms with Crippen LogP contribution in [0.3, 0.4) is 0 Å². The zero-order valence-electron chi connectivity index (χ0n) is 9.63. The van der Waals surface area contributed by atoms with Crippen LogP contribution in [0.15, 0.2) is 18.2 Å². The molecule has 0 aliphatic carbocycles. The van der Waals surface area contributed by atoms with E-state index in [1.54, 1.807) is 0 Å². The molecule has 1 aromatic carbocycles. The Morgan fingerprint density at radius 2 is 2.28 bits per heavy atom. The van der Waals surface area contributed by atoms with Crippen molar-refractivity contribution in [3.05, 3.63) is 39.7 Å². The molecule has 0 saturated heterocycles. The lowest BCUT2D eigenvalue weighted by Crippen LogP contribution is -2.17. The molecule has 0 fully saturated rings. The van der Waals surface area contributed by atoms with E-state index < -0.39 is 34.9 Å². The maximum atomic E-state index is 13.6. The minimum Gasteiger partial charge on any atom is -0.465 e. The van der Waals surface area contributed by atoms with E-state index in [9.17, 15) is 19.3 Å². The number of halogens is 1. The second-order valence-electron chi connectivity index (χ2n) is 3.61. The van der Waals surface area contributed by atoms with Gasteiger partial charge in [-0.15, -0.1) is 0 Å². The Kier molecular flexibility index (Phi) is 4.73. The molecule has 0 saturated carbocycles. The number of carbonyl (C=O) groups excluding carboxylic acids is 1. The molecule has 0 aliphatic heterocycles. The summed E-state index contributed by atoms with van der Waals surface area (Å²) in [4.78, 5) is 20.7. The van der Waals surface area contributed by atoms with Gasteiger partial charge in [0.1, 0.15) is 12.4 Å². The number of rotatable bonds is 5. The number of nitro groups is 1. The van der Waals surface area contributed by atoms with E-state index in [4.69, 9.17) is 5.11 Å². The topological polar surface area (TPSA) is 89.7 Å². The molecule has 1 atom stereocenters. The van der Waals surface area contributed by atoms with E-state index in [2.05, 4.69) is 4.74 Å². The summed E-state index contributed by atoms with van der Waals surface area (Å²) in [5.74, 6) is -2.38. The maximum Gasteiger partial charge on any atom is 0.302 e. The van der Waals surface area contributed by atoms with Crippen LogP contribution in [0.4, 0.5) is 10.1 Å². The lowest BCUT2D eigenvalue weighted by Gasteiger charge is -2.15. The van der Waals surface area contributed by atoms with Crippen LogP contribution in [-0.4, -0.2) is 29.2 Å². The Hall–Kier alpha value is -2.02. The molecule has 6 nitrogen and oxygen atoms in total. The van der Waals surface area contributed by atoms with Gasteiger partial charge in [0.15, 0.2) is 0 Å². The van der Waals surface area contributed by atoms with Crippen LogP contribution >= 0.6 is 0 Å². The molecule has 18 heavy (non-hydrogen) atoms. The summed E-state index contributed by atoms with van der Waals surface area (Å²) in [6.07, 6.45) is 0. The van der Waals surface area contributed by atoms with E-state index in [1.807, 2.05) is 0 Å². The molecule has 0 heterocycles. The minimum atomic E-state index is -0.963. The molecule has 0 radical (unpaired) electrons. The third-order valence-electron chi connectivity index (χ3n) is 2.34. The molecule has 7 heteroatoms. The highest BCUT2D eigenvalue weighted by Gasteiger charge is 2.26. The van der Waals surface area contributed by atoms with Crippen molar-refractivity contribution in [3.8, 4) is 0 Å². The number of aliphatic hydroxyl groups excluding tert-OH is 1. The van der Waals surface area contributed by atoms with E-state index in [1.165, 1.54) is 6.07 Å². The second-order valence-corrected chi connectivity index (χ2v) is 3.61.